The highest BCUT2D eigenvalue weighted by atomic mass is 16.5. The maximum Gasteiger partial charge on any atom is 0.262 e. The first-order chi connectivity index (χ1) is 12.3. The second kappa shape index (κ2) is 7.19. The zero-order valence-electron chi connectivity index (χ0n) is 14.1. The average Bonchev–Trinajstić information content (AvgIpc) is 3.29. The van der Waals surface area contributed by atoms with Crippen molar-refractivity contribution in [3.05, 3.63) is 58.3 Å². The number of rotatable bonds is 6. The summed E-state index contributed by atoms with van der Waals surface area (Å²) in [4.78, 5) is 19.7. The van der Waals surface area contributed by atoms with E-state index in [1.165, 1.54) is 18.4 Å². The number of H-pyrrole nitrogens is 1. The molecular formula is C19H22N4O2. The minimum absolute atomic E-state index is 0.143. The average molecular weight is 338 g/mol. The van der Waals surface area contributed by atoms with Gasteiger partial charge in [-0.15, -0.1) is 0 Å². The number of nitrogens with one attached hydrogen (secondary N) is 1. The molecule has 1 aliphatic carbocycles. The van der Waals surface area contributed by atoms with E-state index in [0.717, 1.165) is 19.3 Å². The monoisotopic (exact) mass is 338 g/mol. The normalized spacial score (nSPS) is 15.2. The number of aromatic amines is 1. The van der Waals surface area contributed by atoms with Gasteiger partial charge in [0.15, 0.2) is 5.65 Å². The number of benzene rings is 1. The van der Waals surface area contributed by atoms with Crippen LogP contribution in [0.25, 0.3) is 11.0 Å². The first kappa shape index (κ1) is 16.0. The lowest BCUT2D eigenvalue weighted by atomic mass is 10.2. The Bertz CT molecular complexity index is 895. The van der Waals surface area contributed by atoms with Crippen molar-refractivity contribution < 1.29 is 4.74 Å². The molecule has 0 aliphatic heterocycles. The first-order valence-electron chi connectivity index (χ1n) is 8.89. The summed E-state index contributed by atoms with van der Waals surface area (Å²) in [6, 6.07) is 10.6. The molecule has 0 bridgehead atoms. The molecule has 1 aromatic carbocycles. The molecule has 0 spiro atoms. The van der Waals surface area contributed by atoms with Gasteiger partial charge in [0.05, 0.1) is 18.8 Å². The molecule has 4 rings (SSSR count). The van der Waals surface area contributed by atoms with Crippen molar-refractivity contribution in [1.29, 1.82) is 0 Å². The van der Waals surface area contributed by atoms with Crippen LogP contribution < -0.4 is 5.56 Å². The molecule has 0 atom stereocenters. The number of hydrogen-bond acceptors (Lipinski definition) is 4. The summed E-state index contributed by atoms with van der Waals surface area (Å²) < 4.78 is 7.63. The molecule has 1 N–H and O–H groups in total. The smallest absolute Gasteiger partial charge is 0.262 e. The van der Waals surface area contributed by atoms with Crippen molar-refractivity contribution in [2.24, 2.45) is 0 Å². The molecule has 130 valence electrons. The van der Waals surface area contributed by atoms with Crippen LogP contribution in [-0.4, -0.2) is 26.4 Å². The Labute approximate surface area is 145 Å². The zero-order valence-corrected chi connectivity index (χ0v) is 14.1. The van der Waals surface area contributed by atoms with E-state index in [2.05, 4.69) is 27.2 Å². The van der Waals surface area contributed by atoms with E-state index in [1.54, 1.807) is 6.20 Å². The largest absolute Gasteiger partial charge is 0.373 e. The highest BCUT2D eigenvalue weighted by molar-refractivity contribution is 5.73. The van der Waals surface area contributed by atoms with Gasteiger partial charge >= 0.3 is 0 Å². The molecule has 1 saturated carbocycles. The summed E-state index contributed by atoms with van der Waals surface area (Å²) in [7, 11) is 0. The van der Waals surface area contributed by atoms with Gasteiger partial charge in [0.1, 0.15) is 17.8 Å². The van der Waals surface area contributed by atoms with Crippen molar-refractivity contribution in [3.8, 4) is 0 Å². The van der Waals surface area contributed by atoms with Gasteiger partial charge in [0.2, 0.25) is 0 Å². The van der Waals surface area contributed by atoms with Crippen LogP contribution in [0.1, 0.15) is 43.1 Å². The molecule has 0 unspecified atom stereocenters. The van der Waals surface area contributed by atoms with Gasteiger partial charge in [-0.05, 0) is 24.8 Å². The Morgan fingerprint density at radius 3 is 2.80 bits per heavy atom. The number of fused-ring (bicyclic) bond motifs is 1. The number of hydrogen-bond donors (Lipinski definition) is 1. The Balaban J connectivity index is 1.46. The fourth-order valence-corrected chi connectivity index (χ4v) is 3.47. The number of ether oxygens (including phenoxy) is 1. The predicted molar refractivity (Wildman–Crippen MR) is 95.5 cm³/mol. The van der Waals surface area contributed by atoms with Crippen molar-refractivity contribution >= 4 is 11.0 Å². The van der Waals surface area contributed by atoms with E-state index in [0.29, 0.717) is 36.1 Å². The van der Waals surface area contributed by atoms with Gasteiger partial charge in [-0.25, -0.2) is 9.67 Å². The molecule has 1 aliphatic rings. The number of nitrogens with zero attached hydrogens (tertiary/aromatic N) is 3. The van der Waals surface area contributed by atoms with E-state index in [-0.39, 0.29) is 5.56 Å². The predicted octanol–water partition coefficient (Wildman–Crippen LogP) is 2.99. The molecule has 6 heteroatoms. The molecule has 2 heterocycles. The van der Waals surface area contributed by atoms with Crippen molar-refractivity contribution in [1.82, 2.24) is 19.7 Å². The van der Waals surface area contributed by atoms with Crippen LogP contribution in [0, 0.1) is 0 Å². The molecule has 0 saturated heterocycles. The first-order valence-corrected chi connectivity index (χ1v) is 8.89. The molecule has 25 heavy (non-hydrogen) atoms. The minimum atomic E-state index is -0.143. The highest BCUT2D eigenvalue weighted by Gasteiger charge is 2.21. The third-order valence-corrected chi connectivity index (χ3v) is 4.80. The highest BCUT2D eigenvalue weighted by Crippen LogP contribution is 2.30. The SMILES string of the molecule is O=c1[nH]c(COCCc2ccccc2)nc2c1cnn2C1CCCC1. The minimum Gasteiger partial charge on any atom is -0.373 e. The molecule has 3 aromatic rings. The summed E-state index contributed by atoms with van der Waals surface area (Å²) in [5.74, 6) is 0.560. The molecule has 2 aromatic heterocycles. The van der Waals surface area contributed by atoms with E-state index in [4.69, 9.17) is 4.74 Å². The van der Waals surface area contributed by atoms with Crippen LogP contribution in [0.5, 0.6) is 0 Å². The second-order valence-electron chi connectivity index (χ2n) is 6.57. The van der Waals surface area contributed by atoms with Crippen molar-refractivity contribution in [2.45, 2.75) is 44.8 Å². The Kier molecular flexibility index (Phi) is 4.61. The van der Waals surface area contributed by atoms with Gasteiger partial charge < -0.3 is 9.72 Å². The fourth-order valence-electron chi connectivity index (χ4n) is 3.47. The van der Waals surface area contributed by atoms with Gasteiger partial charge in [-0.2, -0.15) is 5.10 Å². The summed E-state index contributed by atoms with van der Waals surface area (Å²) in [6.45, 7) is 0.890. The molecule has 6 nitrogen and oxygen atoms in total. The third-order valence-electron chi connectivity index (χ3n) is 4.80. The van der Waals surface area contributed by atoms with Crippen molar-refractivity contribution in [2.75, 3.05) is 6.61 Å². The molecule has 0 radical (unpaired) electrons. The van der Waals surface area contributed by atoms with E-state index < -0.39 is 0 Å². The lowest BCUT2D eigenvalue weighted by molar-refractivity contribution is 0.118. The van der Waals surface area contributed by atoms with Crippen LogP contribution in [0.4, 0.5) is 0 Å². The van der Waals surface area contributed by atoms with Gasteiger partial charge in [-0.3, -0.25) is 4.79 Å². The van der Waals surface area contributed by atoms with Crippen LogP contribution in [0.2, 0.25) is 0 Å². The maximum atomic E-state index is 12.3. The van der Waals surface area contributed by atoms with E-state index in [9.17, 15) is 4.79 Å². The Morgan fingerprint density at radius 2 is 2.00 bits per heavy atom. The van der Waals surface area contributed by atoms with E-state index >= 15 is 0 Å². The van der Waals surface area contributed by atoms with Gasteiger partial charge in [-0.1, -0.05) is 43.2 Å². The lowest BCUT2D eigenvalue weighted by Gasteiger charge is -2.11. The summed E-state index contributed by atoms with van der Waals surface area (Å²) >= 11 is 0. The number of aromatic nitrogens is 4. The summed E-state index contributed by atoms with van der Waals surface area (Å²) in [5, 5.41) is 4.96. The molecule has 0 amide bonds. The van der Waals surface area contributed by atoms with Crippen LogP contribution in [-0.2, 0) is 17.8 Å². The Hall–Kier alpha value is -2.47. The second-order valence-corrected chi connectivity index (χ2v) is 6.57. The van der Waals surface area contributed by atoms with Crippen molar-refractivity contribution in [3.63, 3.8) is 0 Å². The van der Waals surface area contributed by atoms with Crippen LogP contribution in [0.3, 0.4) is 0 Å². The fraction of sp³-hybridized carbons (Fsp3) is 0.421. The summed E-state index contributed by atoms with van der Waals surface area (Å²) in [6.07, 6.45) is 7.10. The topological polar surface area (TPSA) is 72.8 Å². The zero-order chi connectivity index (χ0) is 17.1. The quantitative estimate of drug-likeness (QED) is 0.701. The van der Waals surface area contributed by atoms with Crippen LogP contribution >= 0.6 is 0 Å². The maximum absolute atomic E-state index is 12.3. The standard InChI is InChI=1S/C19H22N4O2/c24-19-16-12-20-23(15-8-4-5-9-15)18(16)21-17(22-19)13-25-11-10-14-6-2-1-3-7-14/h1-3,6-7,12,15H,4-5,8-11,13H2,(H,21,22,24). The van der Waals surface area contributed by atoms with Crippen LogP contribution in [0.15, 0.2) is 41.3 Å². The summed E-state index contributed by atoms with van der Waals surface area (Å²) in [5.41, 5.74) is 1.77. The van der Waals surface area contributed by atoms with Gasteiger partial charge in [0, 0.05) is 0 Å². The Morgan fingerprint density at radius 1 is 1.20 bits per heavy atom. The lowest BCUT2D eigenvalue weighted by Crippen LogP contribution is -2.15. The van der Waals surface area contributed by atoms with E-state index in [1.807, 2.05) is 22.9 Å². The molecular weight excluding hydrogens is 316 g/mol. The molecule has 1 fully saturated rings. The van der Waals surface area contributed by atoms with Gasteiger partial charge in [0.25, 0.3) is 5.56 Å². The third kappa shape index (κ3) is 3.49.